The quantitative estimate of drug-likeness (QED) is 0.861. The van der Waals surface area contributed by atoms with Gasteiger partial charge in [0, 0.05) is 32.6 Å². The average molecular weight is 289 g/mol. The maximum atomic E-state index is 9.26. The van der Waals surface area contributed by atoms with Crippen LogP contribution in [0, 0.1) is 11.3 Å². The largest absolute Gasteiger partial charge is 0.472 e. The summed E-state index contributed by atoms with van der Waals surface area (Å²) < 4.78 is 14.5. The zero-order valence-corrected chi connectivity index (χ0v) is 12.4. The summed E-state index contributed by atoms with van der Waals surface area (Å²) in [5, 5.41) is 9.26. The van der Waals surface area contributed by atoms with E-state index in [1.165, 1.54) is 0 Å². The van der Waals surface area contributed by atoms with Crippen molar-refractivity contribution >= 4 is 5.69 Å². The fourth-order valence-electron chi connectivity index (χ4n) is 2.08. The lowest BCUT2D eigenvalue weighted by molar-refractivity contribution is 0.0868. The Morgan fingerprint density at radius 1 is 1.52 bits per heavy atom. The SMILES string of the molecule is COCC(C)Oc1c(N)cc(C#N)n1Cc1nccn1C. The zero-order valence-electron chi connectivity index (χ0n) is 12.4. The highest BCUT2D eigenvalue weighted by Gasteiger charge is 2.18. The summed E-state index contributed by atoms with van der Waals surface area (Å²) in [4.78, 5) is 4.26. The predicted molar refractivity (Wildman–Crippen MR) is 77.8 cm³/mol. The standard InChI is InChI=1S/C14H19N5O2/c1-10(9-20-3)21-14-12(16)6-11(7-15)19(14)8-13-17-4-5-18(13)2/h4-6,10H,8-9,16H2,1-3H3. The second-order valence-corrected chi connectivity index (χ2v) is 4.83. The first-order valence-electron chi connectivity index (χ1n) is 6.57. The van der Waals surface area contributed by atoms with Crippen LogP contribution in [0.3, 0.4) is 0 Å². The first-order chi connectivity index (χ1) is 10.1. The summed E-state index contributed by atoms with van der Waals surface area (Å²) in [6.45, 7) is 2.74. The third-order valence-corrected chi connectivity index (χ3v) is 3.12. The molecule has 112 valence electrons. The first-order valence-corrected chi connectivity index (χ1v) is 6.57. The van der Waals surface area contributed by atoms with Gasteiger partial charge in [-0.15, -0.1) is 0 Å². The van der Waals surface area contributed by atoms with E-state index < -0.39 is 0 Å². The Hall–Kier alpha value is -2.46. The van der Waals surface area contributed by atoms with Crippen LogP contribution in [-0.2, 0) is 18.3 Å². The molecule has 1 unspecified atom stereocenters. The second-order valence-electron chi connectivity index (χ2n) is 4.83. The number of nitrogens with two attached hydrogens (primary N) is 1. The molecule has 0 saturated carbocycles. The molecule has 2 N–H and O–H groups in total. The number of imidazole rings is 1. The van der Waals surface area contributed by atoms with Gasteiger partial charge in [0.1, 0.15) is 23.7 Å². The number of nitrogens with zero attached hydrogens (tertiary/aromatic N) is 4. The molecule has 0 bridgehead atoms. The summed E-state index contributed by atoms with van der Waals surface area (Å²) in [6.07, 6.45) is 3.39. The molecule has 0 fully saturated rings. The van der Waals surface area contributed by atoms with Gasteiger partial charge in [0.05, 0.1) is 18.8 Å². The van der Waals surface area contributed by atoms with Crippen LogP contribution in [-0.4, -0.2) is 33.9 Å². The smallest absolute Gasteiger partial charge is 0.219 e. The molecule has 0 radical (unpaired) electrons. The monoisotopic (exact) mass is 289 g/mol. The van der Waals surface area contributed by atoms with Crippen LogP contribution in [0.5, 0.6) is 5.88 Å². The first kappa shape index (κ1) is 14.9. The van der Waals surface area contributed by atoms with Crippen LogP contribution < -0.4 is 10.5 Å². The van der Waals surface area contributed by atoms with E-state index in [-0.39, 0.29) is 6.10 Å². The lowest BCUT2D eigenvalue weighted by Gasteiger charge is -2.17. The number of nitrogen functional groups attached to an aromatic ring is 1. The number of aryl methyl sites for hydroxylation is 1. The molecule has 2 aromatic rings. The molecule has 0 aliphatic heterocycles. The Kier molecular flexibility index (Phi) is 4.50. The van der Waals surface area contributed by atoms with Gasteiger partial charge >= 0.3 is 0 Å². The number of nitriles is 1. The molecule has 7 nitrogen and oxygen atoms in total. The van der Waals surface area contributed by atoms with Gasteiger partial charge < -0.3 is 19.8 Å². The Labute approximate surface area is 123 Å². The van der Waals surface area contributed by atoms with Gasteiger partial charge in [-0.05, 0) is 6.92 Å². The fourth-order valence-corrected chi connectivity index (χ4v) is 2.08. The lowest BCUT2D eigenvalue weighted by atomic mass is 10.4. The number of rotatable bonds is 6. The van der Waals surface area contributed by atoms with Gasteiger partial charge in [-0.3, -0.25) is 4.57 Å². The zero-order chi connectivity index (χ0) is 15.4. The fraction of sp³-hybridized carbons (Fsp3) is 0.429. The highest BCUT2D eigenvalue weighted by Crippen LogP contribution is 2.28. The van der Waals surface area contributed by atoms with Gasteiger partial charge in [-0.2, -0.15) is 5.26 Å². The van der Waals surface area contributed by atoms with Gasteiger partial charge in [0.15, 0.2) is 0 Å². The minimum absolute atomic E-state index is 0.168. The lowest BCUT2D eigenvalue weighted by Crippen LogP contribution is -2.21. The Morgan fingerprint density at radius 3 is 2.86 bits per heavy atom. The molecule has 2 heterocycles. The van der Waals surface area contributed by atoms with Gasteiger partial charge in [-0.1, -0.05) is 0 Å². The van der Waals surface area contributed by atoms with E-state index >= 15 is 0 Å². The van der Waals surface area contributed by atoms with Crippen LogP contribution in [0.25, 0.3) is 0 Å². The summed E-state index contributed by atoms with van der Waals surface area (Å²) in [6, 6.07) is 3.74. The molecule has 0 saturated heterocycles. The summed E-state index contributed by atoms with van der Waals surface area (Å²) >= 11 is 0. The minimum Gasteiger partial charge on any atom is -0.472 e. The number of anilines is 1. The van der Waals surface area contributed by atoms with Crippen LogP contribution in [0.4, 0.5) is 5.69 Å². The van der Waals surface area contributed by atoms with E-state index in [4.69, 9.17) is 15.2 Å². The third kappa shape index (κ3) is 3.17. The maximum absolute atomic E-state index is 9.26. The number of methoxy groups -OCH3 is 1. The number of hydrogen-bond acceptors (Lipinski definition) is 5. The molecule has 0 amide bonds. The predicted octanol–water partition coefficient (Wildman–Crippen LogP) is 1.14. The van der Waals surface area contributed by atoms with Crippen molar-refractivity contribution in [2.45, 2.75) is 19.6 Å². The van der Waals surface area contributed by atoms with Crippen LogP contribution in [0.2, 0.25) is 0 Å². The van der Waals surface area contributed by atoms with Crippen LogP contribution in [0.1, 0.15) is 18.4 Å². The van der Waals surface area contributed by atoms with Crippen molar-refractivity contribution in [2.75, 3.05) is 19.5 Å². The van der Waals surface area contributed by atoms with Crippen molar-refractivity contribution in [3.05, 3.63) is 30.0 Å². The van der Waals surface area contributed by atoms with Crippen molar-refractivity contribution in [3.8, 4) is 11.9 Å². The number of aromatic nitrogens is 3. The molecule has 2 aromatic heterocycles. The molecule has 1 atom stereocenters. The van der Waals surface area contributed by atoms with Gasteiger partial charge in [0.25, 0.3) is 0 Å². The molecular formula is C14H19N5O2. The van der Waals surface area contributed by atoms with Crippen LogP contribution >= 0.6 is 0 Å². The van der Waals surface area contributed by atoms with E-state index in [2.05, 4.69) is 11.1 Å². The third-order valence-electron chi connectivity index (χ3n) is 3.12. The minimum atomic E-state index is -0.168. The normalized spacial score (nSPS) is 12.1. The van der Waals surface area contributed by atoms with E-state index in [0.29, 0.717) is 30.4 Å². The summed E-state index contributed by atoms with van der Waals surface area (Å²) in [5.74, 6) is 1.28. The van der Waals surface area contributed by atoms with Gasteiger partial charge in [-0.25, -0.2) is 4.98 Å². The molecule has 0 spiro atoms. The maximum Gasteiger partial charge on any atom is 0.219 e. The topological polar surface area (TPSA) is 91.0 Å². The highest BCUT2D eigenvalue weighted by molar-refractivity contribution is 5.55. The molecule has 2 rings (SSSR count). The van der Waals surface area contributed by atoms with Gasteiger partial charge in [0.2, 0.25) is 5.88 Å². The van der Waals surface area contributed by atoms with Crippen molar-refractivity contribution in [1.82, 2.24) is 14.1 Å². The molecule has 0 aliphatic carbocycles. The Balaban J connectivity index is 2.34. The van der Waals surface area contributed by atoms with Crippen molar-refractivity contribution in [1.29, 1.82) is 5.26 Å². The average Bonchev–Trinajstić information content (AvgIpc) is 2.97. The molecular weight excluding hydrogens is 270 g/mol. The number of hydrogen-bond donors (Lipinski definition) is 1. The number of ether oxygens (including phenoxy) is 2. The van der Waals surface area contributed by atoms with Crippen molar-refractivity contribution < 1.29 is 9.47 Å². The summed E-state index contributed by atoms with van der Waals surface area (Å²) in [7, 11) is 3.51. The van der Waals surface area contributed by atoms with Crippen molar-refractivity contribution in [3.63, 3.8) is 0 Å². The summed E-state index contributed by atoms with van der Waals surface area (Å²) in [5.41, 5.74) is 6.84. The molecule has 0 aromatic carbocycles. The van der Waals surface area contributed by atoms with Crippen molar-refractivity contribution in [2.24, 2.45) is 7.05 Å². The molecule has 0 aliphatic rings. The van der Waals surface area contributed by atoms with Crippen LogP contribution in [0.15, 0.2) is 18.5 Å². The van der Waals surface area contributed by atoms with E-state index in [9.17, 15) is 5.26 Å². The molecule has 7 heteroatoms. The van der Waals surface area contributed by atoms with E-state index in [1.807, 2.05) is 24.7 Å². The Bertz CT molecular complexity index is 653. The Morgan fingerprint density at radius 2 is 2.29 bits per heavy atom. The van der Waals surface area contributed by atoms with E-state index in [1.54, 1.807) is 23.9 Å². The van der Waals surface area contributed by atoms with E-state index in [0.717, 1.165) is 5.82 Å². The molecule has 21 heavy (non-hydrogen) atoms. The second kappa shape index (κ2) is 6.33. The highest BCUT2D eigenvalue weighted by atomic mass is 16.5.